The molecular formula is C41H46F6N10O3. The Hall–Kier alpha value is -6.21. The van der Waals surface area contributed by atoms with E-state index in [1.807, 2.05) is 55.5 Å². The van der Waals surface area contributed by atoms with Crippen LogP contribution in [-0.2, 0) is 29.9 Å². The van der Waals surface area contributed by atoms with Gasteiger partial charge in [0.2, 0.25) is 11.6 Å². The molecular weight excluding hydrogens is 795 g/mol. The summed E-state index contributed by atoms with van der Waals surface area (Å²) in [5, 5.41) is 37.4. The Labute approximate surface area is 342 Å². The Balaban J connectivity index is 0.000000252. The van der Waals surface area contributed by atoms with Crippen molar-refractivity contribution in [3.05, 3.63) is 130 Å². The van der Waals surface area contributed by atoms with E-state index in [-0.39, 0.29) is 18.7 Å². The molecule has 0 aliphatic heterocycles. The van der Waals surface area contributed by atoms with Crippen LogP contribution in [0.25, 0.3) is 22.8 Å². The SMILES string of the molecule is CC(CNC(=O)OC(C)(C)C)n1nnc(-c2ccccc2Cc2ccc(C(F)(F)F)cc2)n1.CC(O)CN.FC(F)(F)c1ccc(Cc2ccccc2-c2nn[nH]n2)cc1. The van der Waals surface area contributed by atoms with E-state index in [1.165, 1.54) is 29.1 Å². The van der Waals surface area contributed by atoms with Crippen molar-refractivity contribution < 1.29 is 41.0 Å². The van der Waals surface area contributed by atoms with Gasteiger partial charge in [0.15, 0.2) is 0 Å². The van der Waals surface area contributed by atoms with Crippen molar-refractivity contribution in [2.24, 2.45) is 5.73 Å². The van der Waals surface area contributed by atoms with E-state index in [2.05, 4.69) is 41.4 Å². The topological polar surface area (TPSA) is 183 Å². The smallest absolute Gasteiger partial charge is 0.416 e. The van der Waals surface area contributed by atoms with Gasteiger partial charge in [0.1, 0.15) is 5.60 Å². The summed E-state index contributed by atoms with van der Waals surface area (Å²) in [4.78, 5) is 13.3. The number of hydrogen-bond donors (Lipinski definition) is 4. The molecule has 4 aromatic carbocycles. The number of ether oxygens (including phenoxy) is 1. The second kappa shape index (κ2) is 20.7. The van der Waals surface area contributed by atoms with Gasteiger partial charge in [-0.15, -0.1) is 20.4 Å². The number of carbonyl (C=O) groups is 1. The number of amides is 1. The van der Waals surface area contributed by atoms with E-state index in [4.69, 9.17) is 15.6 Å². The summed E-state index contributed by atoms with van der Waals surface area (Å²) in [6.07, 6.45) is -8.65. The Morgan fingerprint density at radius 1 is 0.767 bits per heavy atom. The predicted molar refractivity (Wildman–Crippen MR) is 211 cm³/mol. The molecule has 0 saturated carbocycles. The minimum Gasteiger partial charge on any atom is -0.444 e. The number of nitrogens with zero attached hydrogens (tertiary/aromatic N) is 7. The van der Waals surface area contributed by atoms with Gasteiger partial charge in [0.25, 0.3) is 0 Å². The second-order valence-corrected chi connectivity index (χ2v) is 14.5. The molecule has 0 fully saturated rings. The van der Waals surface area contributed by atoms with Gasteiger partial charge in [-0.25, -0.2) is 4.79 Å². The summed E-state index contributed by atoms with van der Waals surface area (Å²) in [5.41, 5.74) is 7.82. The van der Waals surface area contributed by atoms with Crippen LogP contribution < -0.4 is 11.1 Å². The first-order valence-electron chi connectivity index (χ1n) is 18.6. The molecule has 320 valence electrons. The molecule has 0 bridgehead atoms. The fourth-order valence-electron chi connectivity index (χ4n) is 5.27. The lowest BCUT2D eigenvalue weighted by molar-refractivity contribution is -0.138. The Morgan fingerprint density at radius 3 is 1.65 bits per heavy atom. The zero-order chi connectivity index (χ0) is 44.1. The summed E-state index contributed by atoms with van der Waals surface area (Å²) >= 11 is 0. The average Bonchev–Trinajstić information content (AvgIpc) is 3.91. The molecule has 2 atom stereocenters. The number of carbonyl (C=O) groups excluding carboxylic acids is 1. The van der Waals surface area contributed by atoms with Gasteiger partial charge in [-0.2, -0.15) is 36.4 Å². The van der Waals surface area contributed by atoms with Crippen molar-refractivity contribution in [1.29, 1.82) is 0 Å². The summed E-state index contributed by atoms with van der Waals surface area (Å²) in [6.45, 7) is 9.44. The summed E-state index contributed by atoms with van der Waals surface area (Å²) in [6, 6.07) is 24.8. The normalized spacial score (nSPS) is 12.6. The van der Waals surface area contributed by atoms with E-state index >= 15 is 0 Å². The van der Waals surface area contributed by atoms with Crippen LogP contribution in [0.1, 0.15) is 74.0 Å². The van der Waals surface area contributed by atoms with Crippen molar-refractivity contribution in [3.8, 4) is 22.8 Å². The molecule has 1 amide bonds. The van der Waals surface area contributed by atoms with Gasteiger partial charge >= 0.3 is 18.4 Å². The molecule has 2 aromatic heterocycles. The van der Waals surface area contributed by atoms with E-state index < -0.39 is 35.2 Å². The van der Waals surface area contributed by atoms with Gasteiger partial charge in [0.05, 0.1) is 23.3 Å². The van der Waals surface area contributed by atoms with Crippen molar-refractivity contribution >= 4 is 6.09 Å². The maximum atomic E-state index is 12.8. The maximum Gasteiger partial charge on any atom is 0.416 e. The summed E-state index contributed by atoms with van der Waals surface area (Å²) in [5.74, 6) is 0.851. The van der Waals surface area contributed by atoms with Crippen molar-refractivity contribution in [1.82, 2.24) is 46.1 Å². The number of nitrogens with one attached hydrogen (secondary N) is 2. The van der Waals surface area contributed by atoms with Crippen LogP contribution in [0.2, 0.25) is 0 Å². The molecule has 60 heavy (non-hydrogen) atoms. The zero-order valence-corrected chi connectivity index (χ0v) is 33.5. The van der Waals surface area contributed by atoms with Crippen LogP contribution in [0, 0.1) is 0 Å². The van der Waals surface area contributed by atoms with Crippen molar-refractivity contribution in [2.45, 2.75) is 77.6 Å². The lowest BCUT2D eigenvalue weighted by Crippen LogP contribution is -2.35. The lowest BCUT2D eigenvalue weighted by atomic mass is 9.98. The molecule has 13 nitrogen and oxygen atoms in total. The Kier molecular flexibility index (Phi) is 16.0. The molecule has 0 aliphatic rings. The summed E-state index contributed by atoms with van der Waals surface area (Å²) in [7, 11) is 0. The van der Waals surface area contributed by atoms with Gasteiger partial charge in [-0.3, -0.25) is 0 Å². The number of aromatic nitrogens is 8. The summed E-state index contributed by atoms with van der Waals surface area (Å²) < 4.78 is 81.4. The highest BCUT2D eigenvalue weighted by atomic mass is 19.4. The van der Waals surface area contributed by atoms with Gasteiger partial charge in [-0.1, -0.05) is 72.8 Å². The number of hydrogen-bond acceptors (Lipinski definition) is 10. The minimum absolute atomic E-state index is 0.248. The Morgan fingerprint density at radius 2 is 1.23 bits per heavy atom. The number of nitrogens with two attached hydrogens (primary N) is 1. The monoisotopic (exact) mass is 840 g/mol. The van der Waals surface area contributed by atoms with Crippen molar-refractivity contribution in [3.63, 3.8) is 0 Å². The fraction of sp³-hybridized carbons (Fsp3) is 0.341. The van der Waals surface area contributed by atoms with Gasteiger partial charge in [-0.05, 0) is 104 Å². The number of tetrazole rings is 2. The third-order valence-corrected chi connectivity index (χ3v) is 8.32. The highest BCUT2D eigenvalue weighted by Crippen LogP contribution is 2.31. The number of rotatable bonds is 10. The first-order valence-corrected chi connectivity index (χ1v) is 18.6. The van der Waals surface area contributed by atoms with Crippen molar-refractivity contribution in [2.75, 3.05) is 13.1 Å². The van der Waals surface area contributed by atoms with E-state index in [0.717, 1.165) is 57.6 Å². The first kappa shape index (κ1) is 46.5. The van der Waals surface area contributed by atoms with E-state index in [9.17, 15) is 31.1 Å². The molecule has 5 N–H and O–H groups in total. The molecule has 19 heteroatoms. The number of H-pyrrole nitrogens is 1. The number of halogens is 6. The van der Waals surface area contributed by atoms with Gasteiger partial charge in [0, 0.05) is 24.2 Å². The molecule has 0 spiro atoms. The van der Waals surface area contributed by atoms with E-state index in [0.29, 0.717) is 31.0 Å². The highest BCUT2D eigenvalue weighted by Gasteiger charge is 2.31. The number of aliphatic hydroxyl groups is 1. The molecule has 2 unspecified atom stereocenters. The quantitative estimate of drug-likeness (QED) is 0.0992. The van der Waals surface area contributed by atoms with E-state index in [1.54, 1.807) is 27.7 Å². The molecule has 0 saturated heterocycles. The number of aliphatic hydroxyl groups excluding tert-OH is 1. The lowest BCUT2D eigenvalue weighted by Gasteiger charge is -2.20. The average molecular weight is 841 g/mol. The molecule has 0 aliphatic carbocycles. The molecule has 6 rings (SSSR count). The van der Waals surface area contributed by atoms with Crippen LogP contribution >= 0.6 is 0 Å². The number of alkyl carbamates (subject to hydrolysis) is 1. The highest BCUT2D eigenvalue weighted by molar-refractivity contribution is 5.67. The molecule has 0 radical (unpaired) electrons. The fourth-order valence-corrected chi connectivity index (χ4v) is 5.27. The number of aromatic amines is 1. The van der Waals surface area contributed by atoms with Crippen LogP contribution in [-0.4, -0.2) is 76.8 Å². The molecule has 6 aromatic rings. The third kappa shape index (κ3) is 14.6. The largest absolute Gasteiger partial charge is 0.444 e. The van der Waals surface area contributed by atoms with Crippen LogP contribution in [0.15, 0.2) is 97.1 Å². The van der Waals surface area contributed by atoms with Crippen LogP contribution in [0.4, 0.5) is 31.1 Å². The predicted octanol–water partition coefficient (Wildman–Crippen LogP) is 7.84. The van der Waals surface area contributed by atoms with Crippen LogP contribution in [0.5, 0.6) is 0 Å². The van der Waals surface area contributed by atoms with Crippen LogP contribution in [0.3, 0.4) is 0 Å². The maximum absolute atomic E-state index is 12.8. The minimum atomic E-state index is -4.37. The number of benzene rings is 4. The second-order valence-electron chi connectivity index (χ2n) is 14.5. The third-order valence-electron chi connectivity index (χ3n) is 8.32. The van der Waals surface area contributed by atoms with Gasteiger partial charge < -0.3 is 20.9 Å². The first-order chi connectivity index (χ1) is 28.2. The Bertz CT molecular complexity index is 2220. The zero-order valence-electron chi connectivity index (χ0n) is 33.5. The standard InChI is InChI=1S/C23H26F3N5O2.C15H11F3N4.C3H9NO/c1-15(14-27-21(32)33-22(2,3)4)31-29-20(28-30-31)19-8-6-5-7-17(19)13-16-9-11-18(12-10-16)23(24,25)26;16-15(17,18)12-7-5-10(6-8-12)9-11-3-1-2-4-13(11)14-19-21-22-20-14;1-3(5)2-4/h5-12,15H,13-14H2,1-4H3,(H,27,32);1-8H,9H2,(H,19,20,21,22);3,5H,2,4H2,1H3. The number of alkyl halides is 6. The molecule has 2 heterocycles.